The fourth-order valence-electron chi connectivity index (χ4n) is 3.74. The third kappa shape index (κ3) is 7.25. The van der Waals surface area contributed by atoms with Crippen molar-refractivity contribution >= 4 is 23.6 Å². The summed E-state index contributed by atoms with van der Waals surface area (Å²) in [5.74, 6) is 2.34. The Morgan fingerprint density at radius 1 is 1.26 bits per heavy atom. The second-order valence-corrected chi connectivity index (χ2v) is 8.01. The molecule has 0 saturated carbocycles. The topological polar surface area (TPSA) is 79.4 Å². The van der Waals surface area contributed by atoms with Gasteiger partial charge in [-0.2, -0.15) is 0 Å². The Morgan fingerprint density at radius 2 is 2.06 bits per heavy atom. The molecule has 2 atom stereocenters. The Kier molecular flexibility index (Phi) is 8.73. The average Bonchev–Trinajstić information content (AvgIpc) is 3.27. The van der Waals surface area contributed by atoms with Crippen LogP contribution in [-0.2, 0) is 9.53 Å². The molecule has 2 aliphatic heterocycles. The standard InChI is InChI=1S/C20H26FN5O.C3H6O/c1-26-8-3-4-14(12-26)20-24-18(22-16-6-2-5-15(21)10-16)11-19(25-20)23-17-7-9-27-13-17;1-2-3-4/h2,5-6,10-11,14,17H,3-4,7-9,12-13H2,1H3,(H2,22,23,24,25);3H,2H2,1H3. The number of hydrogen-bond acceptors (Lipinski definition) is 7. The number of nitrogens with one attached hydrogen (secondary N) is 2. The van der Waals surface area contributed by atoms with E-state index in [9.17, 15) is 9.18 Å². The highest BCUT2D eigenvalue weighted by Gasteiger charge is 2.23. The van der Waals surface area contributed by atoms with Gasteiger partial charge in [-0.05, 0) is 51.1 Å². The van der Waals surface area contributed by atoms with Crippen molar-refractivity contribution in [1.82, 2.24) is 14.9 Å². The molecule has 4 rings (SSSR count). The number of halogens is 1. The zero-order valence-electron chi connectivity index (χ0n) is 18.3. The molecule has 8 heteroatoms. The van der Waals surface area contributed by atoms with Crippen LogP contribution in [-0.4, -0.2) is 60.5 Å². The van der Waals surface area contributed by atoms with E-state index in [0.29, 0.717) is 30.5 Å². The number of likely N-dealkylation sites (tertiary alicyclic amines) is 1. The molecular weight excluding hydrogens is 397 g/mol. The van der Waals surface area contributed by atoms with Crippen molar-refractivity contribution in [2.45, 2.75) is 44.6 Å². The fraction of sp³-hybridized carbons (Fsp3) is 0.522. The van der Waals surface area contributed by atoms with Crippen molar-refractivity contribution in [3.8, 4) is 0 Å². The highest BCUT2D eigenvalue weighted by Crippen LogP contribution is 2.27. The molecule has 1 aromatic carbocycles. The van der Waals surface area contributed by atoms with Crippen LogP contribution in [0.5, 0.6) is 0 Å². The first kappa shape index (κ1) is 23.1. The summed E-state index contributed by atoms with van der Waals surface area (Å²) < 4.78 is 19.0. The lowest BCUT2D eigenvalue weighted by molar-refractivity contribution is -0.107. The van der Waals surface area contributed by atoms with Crippen LogP contribution < -0.4 is 10.6 Å². The lowest BCUT2D eigenvalue weighted by Gasteiger charge is -2.29. The quantitative estimate of drug-likeness (QED) is 0.673. The van der Waals surface area contributed by atoms with E-state index in [4.69, 9.17) is 14.7 Å². The van der Waals surface area contributed by atoms with Crippen molar-refractivity contribution in [2.24, 2.45) is 0 Å². The van der Waals surface area contributed by atoms with E-state index in [1.165, 1.54) is 12.1 Å². The number of ether oxygens (including phenoxy) is 1. The summed E-state index contributed by atoms with van der Waals surface area (Å²) >= 11 is 0. The molecule has 31 heavy (non-hydrogen) atoms. The van der Waals surface area contributed by atoms with Gasteiger partial charge >= 0.3 is 0 Å². The number of anilines is 3. The molecule has 2 unspecified atom stereocenters. The highest BCUT2D eigenvalue weighted by atomic mass is 19.1. The maximum atomic E-state index is 13.5. The van der Waals surface area contributed by atoms with E-state index >= 15 is 0 Å². The van der Waals surface area contributed by atoms with E-state index in [0.717, 1.165) is 56.9 Å². The number of carbonyl (C=O) groups excluding carboxylic acids is 1. The van der Waals surface area contributed by atoms with Gasteiger partial charge in [-0.15, -0.1) is 0 Å². The van der Waals surface area contributed by atoms with Gasteiger partial charge in [0.05, 0.1) is 12.6 Å². The van der Waals surface area contributed by atoms with Gasteiger partial charge in [-0.1, -0.05) is 13.0 Å². The Hall–Kier alpha value is -2.58. The summed E-state index contributed by atoms with van der Waals surface area (Å²) in [5.41, 5.74) is 0.676. The second-order valence-electron chi connectivity index (χ2n) is 8.01. The first-order valence-corrected chi connectivity index (χ1v) is 11.0. The Morgan fingerprint density at radius 3 is 2.74 bits per heavy atom. The van der Waals surface area contributed by atoms with E-state index in [2.05, 4.69) is 22.6 Å². The number of likely N-dealkylation sites (N-methyl/N-ethyl adjacent to an activating group) is 1. The van der Waals surface area contributed by atoms with Crippen molar-refractivity contribution in [1.29, 1.82) is 0 Å². The number of benzene rings is 1. The smallest absolute Gasteiger partial charge is 0.137 e. The molecule has 3 heterocycles. The predicted octanol–water partition coefficient (Wildman–Crippen LogP) is 3.96. The molecule has 2 fully saturated rings. The molecule has 2 aliphatic rings. The first-order chi connectivity index (χ1) is 15.1. The van der Waals surface area contributed by atoms with Crippen molar-refractivity contribution in [2.75, 3.05) is 44.0 Å². The van der Waals surface area contributed by atoms with E-state index in [1.807, 2.05) is 19.1 Å². The summed E-state index contributed by atoms with van der Waals surface area (Å²) in [6.07, 6.45) is 4.71. The zero-order chi connectivity index (χ0) is 22.1. The molecule has 2 aromatic rings. The van der Waals surface area contributed by atoms with Crippen molar-refractivity contribution in [3.63, 3.8) is 0 Å². The zero-order valence-corrected chi connectivity index (χ0v) is 18.3. The summed E-state index contributed by atoms with van der Waals surface area (Å²) in [6.45, 7) is 5.35. The normalized spacial score (nSPS) is 21.1. The van der Waals surface area contributed by atoms with E-state index < -0.39 is 0 Å². The average molecular weight is 430 g/mol. The van der Waals surface area contributed by atoms with Crippen LogP contribution in [0, 0.1) is 5.82 Å². The number of nitrogens with zero attached hydrogens (tertiary/aromatic N) is 3. The molecule has 0 aliphatic carbocycles. The minimum atomic E-state index is -0.273. The van der Waals surface area contributed by atoms with Gasteiger partial charge < -0.3 is 25.1 Å². The molecule has 1 aromatic heterocycles. The minimum Gasteiger partial charge on any atom is -0.379 e. The number of piperidine rings is 1. The number of aromatic nitrogens is 2. The predicted molar refractivity (Wildman–Crippen MR) is 120 cm³/mol. The molecule has 0 spiro atoms. The monoisotopic (exact) mass is 429 g/mol. The van der Waals surface area contributed by atoms with Gasteiger partial charge in [-0.3, -0.25) is 0 Å². The van der Waals surface area contributed by atoms with Crippen LogP contribution in [0.25, 0.3) is 0 Å². The summed E-state index contributed by atoms with van der Waals surface area (Å²) in [4.78, 5) is 21.0. The van der Waals surface area contributed by atoms with Crippen LogP contribution >= 0.6 is 0 Å². The third-order valence-corrected chi connectivity index (χ3v) is 5.28. The summed E-state index contributed by atoms with van der Waals surface area (Å²) in [6, 6.07) is 8.57. The number of rotatable bonds is 6. The maximum Gasteiger partial charge on any atom is 0.137 e. The fourth-order valence-corrected chi connectivity index (χ4v) is 3.74. The van der Waals surface area contributed by atoms with Gasteiger partial charge in [0.25, 0.3) is 0 Å². The number of carbonyl (C=O) groups is 1. The van der Waals surface area contributed by atoms with Gasteiger partial charge in [0.2, 0.25) is 0 Å². The Bertz CT molecular complexity index is 844. The van der Waals surface area contributed by atoms with Crippen LogP contribution in [0.2, 0.25) is 0 Å². The minimum absolute atomic E-state index is 0.267. The molecular formula is C23H32FN5O2. The SMILES string of the molecule is CCC=O.CN1CCCC(c2nc(Nc3cccc(F)c3)cc(NC3CCOC3)n2)C1. The molecule has 0 radical (unpaired) electrons. The highest BCUT2D eigenvalue weighted by molar-refractivity contribution is 5.59. The molecule has 0 bridgehead atoms. The maximum absolute atomic E-state index is 13.5. The van der Waals surface area contributed by atoms with Gasteiger partial charge in [0.1, 0.15) is 29.6 Å². The van der Waals surface area contributed by atoms with E-state index in [1.54, 1.807) is 6.07 Å². The van der Waals surface area contributed by atoms with Gasteiger partial charge in [0.15, 0.2) is 0 Å². The van der Waals surface area contributed by atoms with Crippen LogP contribution in [0.3, 0.4) is 0 Å². The van der Waals surface area contributed by atoms with Crippen molar-refractivity contribution < 1.29 is 13.9 Å². The van der Waals surface area contributed by atoms with Crippen LogP contribution in [0.1, 0.15) is 44.3 Å². The van der Waals surface area contributed by atoms with Gasteiger partial charge in [-0.25, -0.2) is 14.4 Å². The molecule has 168 valence electrons. The lowest BCUT2D eigenvalue weighted by Crippen LogP contribution is -2.32. The molecule has 0 amide bonds. The number of aldehydes is 1. The summed E-state index contributed by atoms with van der Waals surface area (Å²) in [5, 5.41) is 6.69. The molecule has 7 nitrogen and oxygen atoms in total. The largest absolute Gasteiger partial charge is 0.379 e. The van der Waals surface area contributed by atoms with E-state index in [-0.39, 0.29) is 11.9 Å². The number of hydrogen-bond donors (Lipinski definition) is 2. The van der Waals surface area contributed by atoms with Crippen LogP contribution in [0.15, 0.2) is 30.3 Å². The Labute approximate surface area is 183 Å². The van der Waals surface area contributed by atoms with Crippen molar-refractivity contribution in [3.05, 3.63) is 42.0 Å². The third-order valence-electron chi connectivity index (χ3n) is 5.28. The van der Waals surface area contributed by atoms with Crippen LogP contribution in [0.4, 0.5) is 21.7 Å². The van der Waals surface area contributed by atoms with Gasteiger partial charge in [0, 0.05) is 37.2 Å². The lowest BCUT2D eigenvalue weighted by atomic mass is 9.97. The Balaban J connectivity index is 0.000000628. The molecule has 2 N–H and O–H groups in total. The summed E-state index contributed by atoms with van der Waals surface area (Å²) in [7, 11) is 2.13. The molecule has 2 saturated heterocycles. The first-order valence-electron chi connectivity index (χ1n) is 11.0. The second kappa shape index (κ2) is 11.7.